The van der Waals surface area contributed by atoms with Crippen LogP contribution < -0.4 is 11.1 Å². The predicted octanol–water partition coefficient (Wildman–Crippen LogP) is 3.08. The molecule has 2 aromatic carbocycles. The molecule has 0 aliphatic rings. The first-order valence-electron chi connectivity index (χ1n) is 6.71. The van der Waals surface area contributed by atoms with Crippen LogP contribution in [0.15, 0.2) is 41.3 Å². The molecule has 1 amide bonds. The highest BCUT2D eigenvalue weighted by molar-refractivity contribution is 7.89. The Morgan fingerprint density at radius 3 is 2.04 bits per heavy atom. The van der Waals surface area contributed by atoms with Gasteiger partial charge >= 0.3 is 0 Å². The van der Waals surface area contributed by atoms with E-state index in [1.807, 2.05) is 0 Å². The van der Waals surface area contributed by atoms with Gasteiger partial charge < -0.3 is 11.1 Å². The lowest BCUT2D eigenvalue weighted by atomic mass is 10.2. The van der Waals surface area contributed by atoms with Crippen molar-refractivity contribution in [3.63, 3.8) is 0 Å². The summed E-state index contributed by atoms with van der Waals surface area (Å²) in [5.41, 5.74) is 6.54. The summed E-state index contributed by atoms with van der Waals surface area (Å²) >= 11 is 11.8. The van der Waals surface area contributed by atoms with Crippen molar-refractivity contribution in [3.8, 4) is 0 Å². The number of halogens is 2. The van der Waals surface area contributed by atoms with E-state index in [0.29, 0.717) is 5.69 Å². The van der Waals surface area contributed by atoms with Gasteiger partial charge in [0, 0.05) is 25.3 Å². The molecular formula is C15H15Cl2N3O3S. The number of benzene rings is 2. The Morgan fingerprint density at radius 1 is 1.08 bits per heavy atom. The van der Waals surface area contributed by atoms with Crippen LogP contribution in [0.25, 0.3) is 0 Å². The van der Waals surface area contributed by atoms with E-state index in [1.165, 1.54) is 50.5 Å². The zero-order valence-electron chi connectivity index (χ0n) is 12.9. The Morgan fingerprint density at radius 2 is 1.58 bits per heavy atom. The molecule has 0 heterocycles. The van der Waals surface area contributed by atoms with Crippen LogP contribution in [-0.4, -0.2) is 32.7 Å². The lowest BCUT2D eigenvalue weighted by Crippen LogP contribution is -2.22. The lowest BCUT2D eigenvalue weighted by Gasteiger charge is -2.12. The Hall–Kier alpha value is -1.80. The van der Waals surface area contributed by atoms with Gasteiger partial charge in [0.25, 0.3) is 5.91 Å². The van der Waals surface area contributed by atoms with E-state index in [2.05, 4.69) is 5.32 Å². The van der Waals surface area contributed by atoms with Crippen LogP contribution in [0.5, 0.6) is 0 Å². The topological polar surface area (TPSA) is 92.5 Å². The van der Waals surface area contributed by atoms with Crippen molar-refractivity contribution in [2.75, 3.05) is 25.1 Å². The molecule has 9 heteroatoms. The van der Waals surface area contributed by atoms with Gasteiger partial charge in [-0.05, 0) is 36.4 Å². The molecule has 0 aromatic heterocycles. The predicted molar refractivity (Wildman–Crippen MR) is 96.1 cm³/mol. The van der Waals surface area contributed by atoms with Crippen molar-refractivity contribution in [3.05, 3.63) is 52.0 Å². The summed E-state index contributed by atoms with van der Waals surface area (Å²) in [7, 11) is -0.671. The number of carbonyl (C=O) groups excluding carboxylic acids is 1. The van der Waals surface area contributed by atoms with Crippen molar-refractivity contribution < 1.29 is 13.2 Å². The van der Waals surface area contributed by atoms with Crippen LogP contribution in [0.1, 0.15) is 10.4 Å². The second kappa shape index (κ2) is 6.98. The van der Waals surface area contributed by atoms with Crippen LogP contribution in [-0.2, 0) is 10.0 Å². The number of amides is 1. The summed E-state index contributed by atoms with van der Waals surface area (Å²) in [6.45, 7) is 0. The zero-order valence-corrected chi connectivity index (χ0v) is 15.2. The lowest BCUT2D eigenvalue weighted by molar-refractivity contribution is 0.102. The van der Waals surface area contributed by atoms with Crippen molar-refractivity contribution in [2.45, 2.75) is 4.90 Å². The molecule has 0 aliphatic carbocycles. The Balaban J connectivity index is 2.22. The number of hydrogen-bond acceptors (Lipinski definition) is 4. The normalized spacial score (nSPS) is 11.5. The molecule has 0 saturated heterocycles. The minimum atomic E-state index is -3.54. The zero-order chi connectivity index (χ0) is 18.1. The SMILES string of the molecule is CN(C)S(=O)(=O)c1ccc(C(=O)Nc2cc(Cl)c(N)c(Cl)c2)cc1. The van der Waals surface area contributed by atoms with Crippen LogP contribution in [0.4, 0.5) is 11.4 Å². The van der Waals surface area contributed by atoms with Crippen molar-refractivity contribution >= 4 is 50.5 Å². The number of nitrogens with one attached hydrogen (secondary N) is 1. The minimum absolute atomic E-state index is 0.0997. The van der Waals surface area contributed by atoms with Crippen LogP contribution in [0.2, 0.25) is 10.0 Å². The Bertz CT molecular complexity index is 858. The van der Waals surface area contributed by atoms with Gasteiger partial charge in [-0.1, -0.05) is 23.2 Å². The summed E-state index contributed by atoms with van der Waals surface area (Å²) in [6, 6.07) is 8.54. The quantitative estimate of drug-likeness (QED) is 0.788. The van der Waals surface area contributed by atoms with Gasteiger partial charge in [-0.15, -0.1) is 0 Å². The molecule has 0 aliphatic heterocycles. The molecule has 0 radical (unpaired) electrons. The van der Waals surface area contributed by atoms with Gasteiger partial charge in [-0.25, -0.2) is 12.7 Å². The third-order valence-electron chi connectivity index (χ3n) is 3.23. The summed E-state index contributed by atoms with van der Waals surface area (Å²) < 4.78 is 25.1. The van der Waals surface area contributed by atoms with E-state index in [4.69, 9.17) is 28.9 Å². The van der Waals surface area contributed by atoms with E-state index in [9.17, 15) is 13.2 Å². The number of anilines is 2. The van der Waals surface area contributed by atoms with Crippen LogP contribution in [0.3, 0.4) is 0 Å². The standard InChI is InChI=1S/C15H15Cl2N3O3S/c1-20(2)24(22,23)11-5-3-9(4-6-11)15(21)19-10-7-12(16)14(18)13(17)8-10/h3-8H,18H2,1-2H3,(H,19,21). The van der Waals surface area contributed by atoms with Crippen molar-refractivity contribution in [1.29, 1.82) is 0 Å². The first-order valence-corrected chi connectivity index (χ1v) is 8.91. The summed E-state index contributed by atoms with van der Waals surface area (Å²) in [6.07, 6.45) is 0. The number of rotatable bonds is 4. The smallest absolute Gasteiger partial charge is 0.255 e. The number of nitrogen functional groups attached to an aromatic ring is 1. The third kappa shape index (κ3) is 3.81. The highest BCUT2D eigenvalue weighted by Gasteiger charge is 2.17. The number of sulfonamides is 1. The third-order valence-corrected chi connectivity index (χ3v) is 5.69. The van der Waals surface area contributed by atoms with Crippen molar-refractivity contribution in [1.82, 2.24) is 4.31 Å². The largest absolute Gasteiger partial charge is 0.396 e. The van der Waals surface area contributed by atoms with E-state index in [1.54, 1.807) is 0 Å². The van der Waals surface area contributed by atoms with E-state index >= 15 is 0 Å². The second-order valence-electron chi connectivity index (χ2n) is 5.12. The second-order valence-corrected chi connectivity index (χ2v) is 8.09. The van der Waals surface area contributed by atoms with E-state index < -0.39 is 15.9 Å². The molecule has 0 atom stereocenters. The fourth-order valence-corrected chi connectivity index (χ4v) is 3.24. The maximum atomic E-state index is 12.2. The van der Waals surface area contributed by atoms with E-state index in [-0.39, 0.29) is 26.2 Å². The van der Waals surface area contributed by atoms with Gasteiger partial charge in [0.2, 0.25) is 10.0 Å². The molecule has 0 fully saturated rings. The summed E-state index contributed by atoms with van der Waals surface area (Å²) in [5, 5.41) is 3.08. The average molecular weight is 388 g/mol. The maximum absolute atomic E-state index is 12.2. The molecule has 2 aromatic rings. The van der Waals surface area contributed by atoms with Crippen LogP contribution >= 0.6 is 23.2 Å². The average Bonchev–Trinajstić information content (AvgIpc) is 2.52. The first-order chi connectivity index (χ1) is 11.1. The molecule has 3 N–H and O–H groups in total. The Kier molecular flexibility index (Phi) is 5.39. The fraction of sp³-hybridized carbons (Fsp3) is 0.133. The first kappa shape index (κ1) is 18.5. The molecule has 24 heavy (non-hydrogen) atoms. The molecule has 6 nitrogen and oxygen atoms in total. The van der Waals surface area contributed by atoms with Gasteiger partial charge in [-0.2, -0.15) is 0 Å². The maximum Gasteiger partial charge on any atom is 0.255 e. The highest BCUT2D eigenvalue weighted by atomic mass is 35.5. The van der Waals surface area contributed by atoms with E-state index in [0.717, 1.165) is 4.31 Å². The molecule has 0 saturated carbocycles. The molecule has 0 unspecified atom stereocenters. The van der Waals surface area contributed by atoms with Crippen LogP contribution in [0, 0.1) is 0 Å². The monoisotopic (exact) mass is 387 g/mol. The highest BCUT2D eigenvalue weighted by Crippen LogP contribution is 2.31. The molecule has 0 spiro atoms. The van der Waals surface area contributed by atoms with Gasteiger partial charge in [0.1, 0.15) is 0 Å². The molecule has 2 rings (SSSR count). The summed E-state index contributed by atoms with van der Waals surface area (Å²) in [5.74, 6) is -0.430. The molecule has 128 valence electrons. The van der Waals surface area contributed by atoms with Gasteiger partial charge in [0.15, 0.2) is 0 Å². The summed E-state index contributed by atoms with van der Waals surface area (Å²) in [4.78, 5) is 12.3. The van der Waals surface area contributed by atoms with Gasteiger partial charge in [0.05, 0.1) is 20.6 Å². The number of carbonyl (C=O) groups is 1. The minimum Gasteiger partial charge on any atom is -0.396 e. The molecule has 0 bridgehead atoms. The number of nitrogens with zero attached hydrogens (tertiary/aromatic N) is 1. The molecular weight excluding hydrogens is 373 g/mol. The fourth-order valence-electron chi connectivity index (χ4n) is 1.85. The van der Waals surface area contributed by atoms with Crippen molar-refractivity contribution in [2.24, 2.45) is 0 Å². The Labute approximate surface area is 150 Å². The number of nitrogens with two attached hydrogens (primary N) is 1. The number of hydrogen-bond donors (Lipinski definition) is 2. The van der Waals surface area contributed by atoms with Gasteiger partial charge in [-0.3, -0.25) is 4.79 Å².